The zero-order chi connectivity index (χ0) is 19.1. The first-order valence-corrected chi connectivity index (χ1v) is 10.1. The highest BCUT2D eigenvalue weighted by atomic mass is 35.5. The van der Waals surface area contributed by atoms with Crippen molar-refractivity contribution >= 4 is 17.5 Å². The lowest BCUT2D eigenvalue weighted by Gasteiger charge is -2.32. The van der Waals surface area contributed by atoms with E-state index in [-0.39, 0.29) is 16.5 Å². The summed E-state index contributed by atoms with van der Waals surface area (Å²) in [5.74, 6) is -0.321. The lowest BCUT2D eigenvalue weighted by molar-refractivity contribution is -0.0383. The van der Waals surface area contributed by atoms with Gasteiger partial charge < -0.3 is 19.7 Å². The Morgan fingerprint density at radius 3 is 2.67 bits per heavy atom. The van der Waals surface area contributed by atoms with Gasteiger partial charge in [-0.3, -0.25) is 4.79 Å². The molecule has 2 fully saturated rings. The molecule has 2 aliphatic rings. The average Bonchev–Trinajstić information content (AvgIpc) is 2.67. The topological polar surface area (TPSA) is 50.8 Å². The number of rotatable bonds is 7. The summed E-state index contributed by atoms with van der Waals surface area (Å²) >= 11 is 5.81. The SMILES string of the molecule is O=C(NCC1CCN(CCOC2CCOCC2)CC1)c1cc(F)cc(Cl)c1. The Labute approximate surface area is 165 Å². The summed E-state index contributed by atoms with van der Waals surface area (Å²) in [6.45, 7) is 5.99. The Bertz CT molecular complexity index is 597. The predicted octanol–water partition coefficient (Wildman–Crippen LogP) is 3.12. The summed E-state index contributed by atoms with van der Waals surface area (Å²) in [6.07, 6.45) is 4.43. The standard InChI is InChI=1S/C20H28ClFN2O3/c21-17-11-16(12-18(22)13-17)20(25)23-14-15-1-5-24(6-2-15)7-10-27-19-3-8-26-9-4-19/h11-13,15,19H,1-10,14H2,(H,23,25). The molecule has 27 heavy (non-hydrogen) atoms. The van der Waals surface area contributed by atoms with Gasteiger partial charge in [0.1, 0.15) is 5.82 Å². The fourth-order valence-electron chi connectivity index (χ4n) is 3.63. The van der Waals surface area contributed by atoms with Crippen LogP contribution in [0.4, 0.5) is 4.39 Å². The minimum Gasteiger partial charge on any atom is -0.381 e. The highest BCUT2D eigenvalue weighted by Gasteiger charge is 2.21. The number of hydrogen-bond acceptors (Lipinski definition) is 4. The van der Waals surface area contributed by atoms with Crippen LogP contribution >= 0.6 is 11.6 Å². The molecule has 0 radical (unpaired) electrons. The van der Waals surface area contributed by atoms with Crippen molar-refractivity contribution in [1.29, 1.82) is 0 Å². The molecule has 0 aliphatic carbocycles. The van der Waals surface area contributed by atoms with Crippen molar-refractivity contribution in [3.8, 4) is 0 Å². The van der Waals surface area contributed by atoms with E-state index in [1.54, 1.807) is 0 Å². The molecule has 0 atom stereocenters. The highest BCUT2D eigenvalue weighted by Crippen LogP contribution is 2.18. The summed E-state index contributed by atoms with van der Waals surface area (Å²) in [5, 5.41) is 3.14. The largest absolute Gasteiger partial charge is 0.381 e. The minimum absolute atomic E-state index is 0.233. The zero-order valence-electron chi connectivity index (χ0n) is 15.6. The minimum atomic E-state index is -0.496. The molecule has 2 aliphatic heterocycles. The van der Waals surface area contributed by atoms with Crippen molar-refractivity contribution in [2.24, 2.45) is 5.92 Å². The van der Waals surface area contributed by atoms with Gasteiger partial charge in [0, 0.05) is 36.9 Å². The number of piperidine rings is 1. The van der Waals surface area contributed by atoms with Crippen LogP contribution in [0.2, 0.25) is 5.02 Å². The Morgan fingerprint density at radius 1 is 1.22 bits per heavy atom. The summed E-state index contributed by atoms with van der Waals surface area (Å²) in [7, 11) is 0. The molecule has 0 unspecified atom stereocenters. The monoisotopic (exact) mass is 398 g/mol. The van der Waals surface area contributed by atoms with Gasteiger partial charge in [-0.1, -0.05) is 11.6 Å². The molecule has 1 N–H and O–H groups in total. The van der Waals surface area contributed by atoms with E-state index in [0.717, 1.165) is 65.1 Å². The van der Waals surface area contributed by atoms with Crippen LogP contribution in [0.5, 0.6) is 0 Å². The van der Waals surface area contributed by atoms with Crippen molar-refractivity contribution in [1.82, 2.24) is 10.2 Å². The molecule has 5 nitrogen and oxygen atoms in total. The average molecular weight is 399 g/mol. The number of carbonyl (C=O) groups is 1. The van der Waals surface area contributed by atoms with E-state index in [1.807, 2.05) is 0 Å². The van der Waals surface area contributed by atoms with Gasteiger partial charge >= 0.3 is 0 Å². The molecule has 0 saturated carbocycles. The van der Waals surface area contributed by atoms with Gasteiger partial charge in [0.2, 0.25) is 0 Å². The lowest BCUT2D eigenvalue weighted by Crippen LogP contribution is -2.40. The third-order valence-corrected chi connectivity index (χ3v) is 5.53. The summed E-state index contributed by atoms with van der Waals surface area (Å²) < 4.78 is 24.6. The zero-order valence-corrected chi connectivity index (χ0v) is 16.3. The van der Waals surface area contributed by atoms with Crippen LogP contribution in [0, 0.1) is 11.7 Å². The molecule has 7 heteroatoms. The Hall–Kier alpha value is -1.21. The van der Waals surface area contributed by atoms with Crippen LogP contribution in [0.15, 0.2) is 18.2 Å². The predicted molar refractivity (Wildman–Crippen MR) is 103 cm³/mol. The van der Waals surface area contributed by atoms with Gasteiger partial charge in [-0.05, 0) is 62.9 Å². The number of benzene rings is 1. The highest BCUT2D eigenvalue weighted by molar-refractivity contribution is 6.31. The van der Waals surface area contributed by atoms with Crippen LogP contribution < -0.4 is 5.32 Å². The van der Waals surface area contributed by atoms with Crippen molar-refractivity contribution in [2.75, 3.05) is 46.0 Å². The fourth-order valence-corrected chi connectivity index (χ4v) is 3.85. The Kier molecular flexibility index (Phi) is 7.88. The molecule has 3 rings (SSSR count). The molecule has 1 aromatic carbocycles. The van der Waals surface area contributed by atoms with Crippen LogP contribution in [0.1, 0.15) is 36.0 Å². The first kappa shape index (κ1) is 20.5. The Morgan fingerprint density at radius 2 is 1.96 bits per heavy atom. The molecule has 1 aromatic rings. The van der Waals surface area contributed by atoms with E-state index in [9.17, 15) is 9.18 Å². The molecular weight excluding hydrogens is 371 g/mol. The van der Waals surface area contributed by atoms with E-state index >= 15 is 0 Å². The van der Waals surface area contributed by atoms with E-state index in [4.69, 9.17) is 21.1 Å². The first-order chi connectivity index (χ1) is 13.1. The summed E-state index contributed by atoms with van der Waals surface area (Å²) in [6, 6.07) is 3.89. The number of carbonyl (C=O) groups excluding carboxylic acids is 1. The van der Waals surface area contributed by atoms with Crippen LogP contribution in [-0.2, 0) is 9.47 Å². The maximum atomic E-state index is 13.4. The van der Waals surface area contributed by atoms with Crippen molar-refractivity contribution in [2.45, 2.75) is 31.8 Å². The summed E-state index contributed by atoms with van der Waals surface area (Å²) in [4.78, 5) is 14.6. The molecule has 2 saturated heterocycles. The number of nitrogens with zero attached hydrogens (tertiary/aromatic N) is 1. The van der Waals surface area contributed by atoms with E-state index < -0.39 is 5.82 Å². The molecule has 2 heterocycles. The van der Waals surface area contributed by atoms with Gasteiger partial charge in [0.15, 0.2) is 0 Å². The van der Waals surface area contributed by atoms with Gasteiger partial charge in [0.25, 0.3) is 5.91 Å². The molecule has 150 valence electrons. The van der Waals surface area contributed by atoms with Crippen molar-refractivity contribution < 1.29 is 18.7 Å². The number of amides is 1. The van der Waals surface area contributed by atoms with Crippen molar-refractivity contribution in [3.05, 3.63) is 34.6 Å². The second kappa shape index (κ2) is 10.4. The maximum absolute atomic E-state index is 13.4. The Balaban J connectivity index is 1.31. The van der Waals surface area contributed by atoms with Gasteiger partial charge in [-0.25, -0.2) is 4.39 Å². The summed E-state index contributed by atoms with van der Waals surface area (Å²) in [5.41, 5.74) is 0.266. The maximum Gasteiger partial charge on any atom is 0.251 e. The quantitative estimate of drug-likeness (QED) is 0.766. The van der Waals surface area contributed by atoms with Crippen LogP contribution in [0.25, 0.3) is 0 Å². The molecule has 0 bridgehead atoms. The molecule has 0 spiro atoms. The first-order valence-electron chi connectivity index (χ1n) is 9.76. The van der Waals surface area contributed by atoms with Gasteiger partial charge in [-0.2, -0.15) is 0 Å². The second-order valence-corrected chi connectivity index (χ2v) is 7.77. The fraction of sp³-hybridized carbons (Fsp3) is 0.650. The van der Waals surface area contributed by atoms with Crippen LogP contribution in [-0.4, -0.2) is 62.9 Å². The second-order valence-electron chi connectivity index (χ2n) is 7.34. The number of hydrogen-bond donors (Lipinski definition) is 1. The molecule has 0 aromatic heterocycles. The van der Waals surface area contributed by atoms with Crippen LogP contribution in [0.3, 0.4) is 0 Å². The van der Waals surface area contributed by atoms with Gasteiger partial charge in [0.05, 0.1) is 12.7 Å². The lowest BCUT2D eigenvalue weighted by atomic mass is 9.96. The van der Waals surface area contributed by atoms with E-state index in [1.165, 1.54) is 18.2 Å². The van der Waals surface area contributed by atoms with E-state index in [0.29, 0.717) is 18.6 Å². The normalized spacial score (nSPS) is 19.9. The van der Waals surface area contributed by atoms with Gasteiger partial charge in [-0.15, -0.1) is 0 Å². The number of likely N-dealkylation sites (tertiary alicyclic amines) is 1. The number of nitrogens with one attached hydrogen (secondary N) is 1. The molecular formula is C20H28ClFN2O3. The third kappa shape index (κ3) is 6.71. The van der Waals surface area contributed by atoms with E-state index in [2.05, 4.69) is 10.2 Å². The number of ether oxygens (including phenoxy) is 2. The van der Waals surface area contributed by atoms with Crippen molar-refractivity contribution in [3.63, 3.8) is 0 Å². The number of halogens is 2. The third-order valence-electron chi connectivity index (χ3n) is 5.31. The molecule has 1 amide bonds. The smallest absolute Gasteiger partial charge is 0.251 e.